The molecule has 2 saturated carbocycles. The lowest BCUT2D eigenvalue weighted by atomic mass is 9.92. The summed E-state index contributed by atoms with van der Waals surface area (Å²) < 4.78 is 5.35. The molecule has 4 nitrogen and oxygen atoms in total. The van der Waals surface area contributed by atoms with Crippen molar-refractivity contribution in [3.8, 4) is 0 Å². The van der Waals surface area contributed by atoms with Crippen molar-refractivity contribution in [3.63, 3.8) is 0 Å². The van der Waals surface area contributed by atoms with Gasteiger partial charge < -0.3 is 9.42 Å². The molecule has 2 fully saturated rings. The van der Waals surface area contributed by atoms with E-state index in [0.29, 0.717) is 17.5 Å². The van der Waals surface area contributed by atoms with E-state index in [-0.39, 0.29) is 11.9 Å². The van der Waals surface area contributed by atoms with E-state index in [4.69, 9.17) is 4.52 Å². The molecular formula is C20H24N2O2. The number of rotatable bonds is 4. The van der Waals surface area contributed by atoms with E-state index in [2.05, 4.69) is 36.3 Å². The van der Waals surface area contributed by atoms with Crippen LogP contribution in [0, 0.1) is 6.92 Å². The van der Waals surface area contributed by atoms with Crippen LogP contribution in [0.25, 0.3) is 0 Å². The third-order valence-corrected chi connectivity index (χ3v) is 5.53. The molecule has 2 aromatic rings. The van der Waals surface area contributed by atoms with Crippen molar-refractivity contribution in [2.24, 2.45) is 0 Å². The Kier molecular flexibility index (Phi) is 3.91. The number of aromatic nitrogens is 1. The van der Waals surface area contributed by atoms with Crippen LogP contribution in [0.3, 0.4) is 0 Å². The average molecular weight is 324 g/mol. The van der Waals surface area contributed by atoms with Crippen molar-refractivity contribution in [1.82, 2.24) is 10.1 Å². The number of benzene rings is 1. The third-order valence-electron chi connectivity index (χ3n) is 5.53. The summed E-state index contributed by atoms with van der Waals surface area (Å²) in [7, 11) is 1.91. The number of amides is 1. The van der Waals surface area contributed by atoms with Crippen LogP contribution in [0.15, 0.2) is 34.9 Å². The van der Waals surface area contributed by atoms with Crippen LogP contribution in [0.4, 0.5) is 0 Å². The molecule has 24 heavy (non-hydrogen) atoms. The number of carbonyl (C=O) groups is 1. The van der Waals surface area contributed by atoms with Gasteiger partial charge in [0.25, 0.3) is 5.91 Å². The van der Waals surface area contributed by atoms with Crippen molar-refractivity contribution < 1.29 is 9.32 Å². The quantitative estimate of drug-likeness (QED) is 0.844. The first-order valence-electron chi connectivity index (χ1n) is 8.94. The Hall–Kier alpha value is -2.10. The van der Waals surface area contributed by atoms with Gasteiger partial charge in [-0.2, -0.15) is 0 Å². The molecule has 0 spiro atoms. The molecule has 0 N–H and O–H groups in total. The summed E-state index contributed by atoms with van der Waals surface area (Å²) in [6.45, 7) is 2.10. The van der Waals surface area contributed by atoms with Gasteiger partial charge in [0.05, 0.1) is 0 Å². The van der Waals surface area contributed by atoms with E-state index in [0.717, 1.165) is 37.9 Å². The topological polar surface area (TPSA) is 46.3 Å². The minimum Gasteiger partial charge on any atom is -0.360 e. The Morgan fingerprint density at radius 3 is 2.62 bits per heavy atom. The number of hydrogen-bond acceptors (Lipinski definition) is 3. The number of carbonyl (C=O) groups excluding carboxylic acids is 1. The summed E-state index contributed by atoms with van der Waals surface area (Å²) in [5, 5.41) is 4.01. The third kappa shape index (κ3) is 2.85. The maximum atomic E-state index is 12.8. The minimum atomic E-state index is -0.0188. The molecule has 2 atom stereocenters. The van der Waals surface area contributed by atoms with Gasteiger partial charge in [-0.25, -0.2) is 0 Å². The first-order valence-corrected chi connectivity index (χ1v) is 8.94. The Morgan fingerprint density at radius 1 is 1.17 bits per heavy atom. The average Bonchev–Trinajstić information content (AvgIpc) is 3.13. The normalized spacial score (nSPS) is 23.4. The minimum absolute atomic E-state index is 0.0188. The smallest absolute Gasteiger partial charge is 0.276 e. The Labute approximate surface area is 142 Å². The fraction of sp³-hybridized carbons (Fsp3) is 0.500. The number of likely N-dealkylation sites (N-methyl/N-ethyl adjacent to an activating group) is 1. The molecule has 1 aromatic heterocycles. The zero-order valence-corrected chi connectivity index (χ0v) is 14.4. The van der Waals surface area contributed by atoms with Crippen molar-refractivity contribution in [1.29, 1.82) is 0 Å². The molecule has 0 aliphatic heterocycles. The van der Waals surface area contributed by atoms with E-state index in [1.807, 2.05) is 18.0 Å². The summed E-state index contributed by atoms with van der Waals surface area (Å²) in [4.78, 5) is 14.7. The predicted octanol–water partition coefficient (Wildman–Crippen LogP) is 4.27. The molecule has 1 aromatic carbocycles. The first-order chi connectivity index (χ1) is 11.6. The van der Waals surface area contributed by atoms with Gasteiger partial charge >= 0.3 is 0 Å². The number of hydrogen-bond donors (Lipinski definition) is 0. The van der Waals surface area contributed by atoms with Gasteiger partial charge in [-0.3, -0.25) is 4.79 Å². The van der Waals surface area contributed by atoms with E-state index in [1.54, 1.807) is 0 Å². The van der Waals surface area contributed by atoms with Crippen LogP contribution in [-0.2, 0) is 0 Å². The molecule has 0 bridgehead atoms. The molecule has 0 saturated heterocycles. The molecule has 1 heterocycles. The second kappa shape index (κ2) is 6.08. The Morgan fingerprint density at radius 2 is 1.92 bits per heavy atom. The summed E-state index contributed by atoms with van der Waals surface area (Å²) in [6, 6.07) is 10.8. The van der Waals surface area contributed by atoms with Crippen LogP contribution in [-0.4, -0.2) is 29.1 Å². The Balaban J connectivity index is 1.52. The summed E-state index contributed by atoms with van der Waals surface area (Å²) in [5.41, 5.74) is 3.06. The van der Waals surface area contributed by atoms with Gasteiger partial charge in [0.1, 0.15) is 5.76 Å². The van der Waals surface area contributed by atoms with E-state index < -0.39 is 0 Å². The maximum Gasteiger partial charge on any atom is 0.276 e. The standard InChI is InChI=1S/C20H24N2O2/c1-13-6-8-14(9-7-13)16-4-3-5-18(16)22(2)20(23)17-12-19(24-21-17)15-10-11-15/h6-9,12,15-16,18H,3-5,10-11H2,1-2H3. The lowest BCUT2D eigenvalue weighted by Gasteiger charge is -2.29. The molecule has 0 radical (unpaired) electrons. The fourth-order valence-electron chi connectivity index (χ4n) is 3.89. The lowest BCUT2D eigenvalue weighted by molar-refractivity contribution is 0.0711. The van der Waals surface area contributed by atoms with Gasteiger partial charge in [0.15, 0.2) is 5.69 Å². The molecule has 4 rings (SSSR count). The lowest BCUT2D eigenvalue weighted by Crippen LogP contribution is -2.38. The summed E-state index contributed by atoms with van der Waals surface area (Å²) >= 11 is 0. The van der Waals surface area contributed by atoms with Gasteiger partial charge in [0, 0.05) is 31.0 Å². The Bertz CT molecular complexity index is 730. The van der Waals surface area contributed by atoms with Crippen LogP contribution in [0.5, 0.6) is 0 Å². The SMILES string of the molecule is Cc1ccc(C2CCCC2N(C)C(=O)c2cc(C3CC3)on2)cc1. The molecular weight excluding hydrogens is 300 g/mol. The molecule has 2 unspecified atom stereocenters. The molecule has 2 aliphatic carbocycles. The second-order valence-electron chi connectivity index (χ2n) is 7.32. The van der Waals surface area contributed by atoms with Crippen molar-refractivity contribution in [3.05, 3.63) is 52.9 Å². The number of aryl methyl sites for hydroxylation is 1. The fourth-order valence-corrected chi connectivity index (χ4v) is 3.89. The number of nitrogens with zero attached hydrogens (tertiary/aromatic N) is 2. The van der Waals surface area contributed by atoms with E-state index in [9.17, 15) is 4.79 Å². The highest BCUT2D eigenvalue weighted by molar-refractivity contribution is 5.92. The summed E-state index contributed by atoms with van der Waals surface area (Å²) in [6.07, 6.45) is 5.64. The summed E-state index contributed by atoms with van der Waals surface area (Å²) in [5.74, 6) is 1.74. The van der Waals surface area contributed by atoms with E-state index >= 15 is 0 Å². The zero-order valence-electron chi connectivity index (χ0n) is 14.4. The molecule has 4 heteroatoms. The first kappa shape index (κ1) is 15.4. The van der Waals surface area contributed by atoms with Crippen LogP contribution < -0.4 is 0 Å². The molecule has 2 aliphatic rings. The largest absolute Gasteiger partial charge is 0.360 e. The molecule has 126 valence electrons. The highest BCUT2D eigenvalue weighted by Crippen LogP contribution is 2.41. The van der Waals surface area contributed by atoms with Gasteiger partial charge in [0.2, 0.25) is 0 Å². The van der Waals surface area contributed by atoms with Crippen molar-refractivity contribution >= 4 is 5.91 Å². The van der Waals surface area contributed by atoms with Crippen LogP contribution in [0.2, 0.25) is 0 Å². The van der Waals surface area contributed by atoms with Crippen LogP contribution >= 0.6 is 0 Å². The van der Waals surface area contributed by atoms with Crippen LogP contribution in [0.1, 0.15) is 71.3 Å². The molecule has 1 amide bonds. The maximum absolute atomic E-state index is 12.8. The van der Waals surface area contributed by atoms with Crippen molar-refractivity contribution in [2.75, 3.05) is 7.05 Å². The van der Waals surface area contributed by atoms with Gasteiger partial charge in [-0.15, -0.1) is 0 Å². The second-order valence-corrected chi connectivity index (χ2v) is 7.32. The monoisotopic (exact) mass is 324 g/mol. The van der Waals surface area contributed by atoms with Gasteiger partial charge in [-0.1, -0.05) is 41.4 Å². The zero-order chi connectivity index (χ0) is 16.7. The highest BCUT2D eigenvalue weighted by atomic mass is 16.5. The van der Waals surface area contributed by atoms with Crippen molar-refractivity contribution in [2.45, 2.75) is 56.9 Å². The van der Waals surface area contributed by atoms with Gasteiger partial charge in [-0.05, 0) is 38.2 Å². The van der Waals surface area contributed by atoms with E-state index in [1.165, 1.54) is 11.1 Å². The highest BCUT2D eigenvalue weighted by Gasteiger charge is 2.35. The predicted molar refractivity (Wildman–Crippen MR) is 92.1 cm³/mol.